The molecule has 1 unspecified atom stereocenters. The van der Waals surface area contributed by atoms with Gasteiger partial charge in [0.25, 0.3) is 0 Å². The Bertz CT molecular complexity index is 997. The van der Waals surface area contributed by atoms with Crippen molar-refractivity contribution in [3.63, 3.8) is 0 Å². The molecule has 5 aliphatic rings. The molecule has 0 saturated heterocycles. The summed E-state index contributed by atoms with van der Waals surface area (Å²) in [6.07, 6.45) is 9.26. The summed E-state index contributed by atoms with van der Waals surface area (Å²) in [5.41, 5.74) is 0.581. The Balaban J connectivity index is 1.63. The van der Waals surface area contributed by atoms with Gasteiger partial charge in [-0.05, 0) is 84.9 Å². The van der Waals surface area contributed by atoms with Crippen LogP contribution in [0.15, 0.2) is 23.3 Å². The molecule has 35 heavy (non-hydrogen) atoms. The van der Waals surface area contributed by atoms with Gasteiger partial charge in [0.05, 0.1) is 24.2 Å². The van der Waals surface area contributed by atoms with E-state index >= 15 is 0 Å². The Kier molecular flexibility index (Phi) is 5.42. The average molecular weight is 487 g/mol. The number of carbonyl (C=O) groups is 1. The molecule has 0 aromatic heterocycles. The summed E-state index contributed by atoms with van der Waals surface area (Å²) in [4.78, 5) is 12.8. The van der Waals surface area contributed by atoms with Crippen molar-refractivity contribution < 1.29 is 25.2 Å². The van der Waals surface area contributed by atoms with E-state index < -0.39 is 29.0 Å². The van der Waals surface area contributed by atoms with Crippen LogP contribution in [0.2, 0.25) is 0 Å². The topological polar surface area (TPSA) is 98.0 Å². The van der Waals surface area contributed by atoms with Crippen LogP contribution in [-0.2, 0) is 4.79 Å². The molecule has 0 spiro atoms. The highest BCUT2D eigenvalue weighted by Gasteiger charge is 2.68. The number of rotatable bonds is 2. The SMILES string of the molecule is CC1(C)CC[C@]2(C(=O)O)CC[C@]3(C)C(=CC[C@@H]4[C@@]5(C)C[C@H](O)[C@H](O)C(C)(CO)C5=CC[C@]43C)[C@H]2C1. The molecule has 3 saturated carbocycles. The molecule has 9 atom stereocenters. The van der Waals surface area contributed by atoms with Gasteiger partial charge in [0.1, 0.15) is 0 Å². The van der Waals surface area contributed by atoms with Crippen molar-refractivity contribution >= 4 is 5.97 Å². The minimum atomic E-state index is -0.975. The van der Waals surface area contributed by atoms with Crippen LogP contribution < -0.4 is 0 Å². The van der Waals surface area contributed by atoms with Crippen molar-refractivity contribution in [1.82, 2.24) is 0 Å². The van der Waals surface area contributed by atoms with Gasteiger partial charge in [0, 0.05) is 5.41 Å². The van der Waals surface area contributed by atoms with Gasteiger partial charge >= 0.3 is 5.97 Å². The molecule has 0 amide bonds. The van der Waals surface area contributed by atoms with Crippen LogP contribution in [0.1, 0.15) is 92.9 Å². The monoisotopic (exact) mass is 486 g/mol. The second kappa shape index (κ2) is 7.45. The highest BCUT2D eigenvalue weighted by molar-refractivity contribution is 5.76. The summed E-state index contributed by atoms with van der Waals surface area (Å²) in [7, 11) is 0. The first-order valence-electron chi connectivity index (χ1n) is 13.7. The third kappa shape index (κ3) is 3.01. The van der Waals surface area contributed by atoms with E-state index in [2.05, 4.69) is 46.8 Å². The second-order valence-corrected chi connectivity index (χ2v) is 14.6. The van der Waals surface area contributed by atoms with Crippen molar-refractivity contribution in [3.8, 4) is 0 Å². The summed E-state index contributed by atoms with van der Waals surface area (Å²) in [6, 6.07) is 0. The number of aliphatic carboxylic acids is 1. The number of carboxylic acid groups (broad SMARTS) is 1. The fraction of sp³-hybridized carbons (Fsp3) is 0.833. The Morgan fingerprint density at radius 1 is 0.971 bits per heavy atom. The predicted molar refractivity (Wildman–Crippen MR) is 135 cm³/mol. The summed E-state index contributed by atoms with van der Waals surface area (Å²) >= 11 is 0. The maximum atomic E-state index is 12.8. The zero-order valence-electron chi connectivity index (χ0n) is 22.5. The lowest BCUT2D eigenvalue weighted by Gasteiger charge is -2.69. The predicted octanol–water partition coefficient (Wildman–Crippen LogP) is 5.10. The second-order valence-electron chi connectivity index (χ2n) is 14.6. The number of allylic oxidation sites excluding steroid dienone is 3. The normalized spacial score (nSPS) is 52.7. The Morgan fingerprint density at radius 2 is 1.63 bits per heavy atom. The van der Waals surface area contributed by atoms with Crippen LogP contribution in [0.4, 0.5) is 0 Å². The number of aliphatic hydroxyl groups excluding tert-OH is 3. The lowest BCUT2D eigenvalue weighted by Crippen LogP contribution is -2.64. The molecule has 0 aliphatic heterocycles. The number of hydrogen-bond acceptors (Lipinski definition) is 4. The largest absolute Gasteiger partial charge is 0.481 e. The van der Waals surface area contributed by atoms with Crippen molar-refractivity contribution in [2.24, 2.45) is 44.3 Å². The van der Waals surface area contributed by atoms with Gasteiger partial charge in [-0.3, -0.25) is 4.79 Å². The molecule has 0 heterocycles. The number of fused-ring (bicyclic) bond motifs is 7. The van der Waals surface area contributed by atoms with Crippen molar-refractivity contribution in [2.45, 2.75) is 105 Å². The molecule has 4 N–H and O–H groups in total. The average Bonchev–Trinajstić information content (AvgIpc) is 2.77. The smallest absolute Gasteiger partial charge is 0.310 e. The third-order valence-electron chi connectivity index (χ3n) is 12.5. The number of hydrogen-bond donors (Lipinski definition) is 4. The molecule has 5 rings (SSSR count). The Morgan fingerprint density at radius 3 is 2.26 bits per heavy atom. The third-order valence-corrected chi connectivity index (χ3v) is 12.5. The molecular formula is C30H46O5. The van der Waals surface area contributed by atoms with Gasteiger partial charge in [-0.2, -0.15) is 0 Å². The standard InChI is InChI=1S/C30H46O5/c1-25(2)11-13-30(24(34)35)14-12-28(5)18(19(30)15-25)7-8-22-26(3)16-20(32)23(33)27(4,17-31)21(26)9-10-29(22,28)6/h7,9,19-20,22-23,31-33H,8,10-17H2,1-6H3,(H,34,35)/t19-,20+,22-,23+,26+,27?,28-,29-,30+/m1/s1. The first kappa shape index (κ1) is 25.5. The van der Waals surface area contributed by atoms with E-state index in [1.165, 1.54) is 5.57 Å². The lowest BCUT2D eigenvalue weighted by atomic mass is 9.35. The minimum absolute atomic E-state index is 0.0694. The van der Waals surface area contributed by atoms with Gasteiger partial charge < -0.3 is 20.4 Å². The van der Waals surface area contributed by atoms with Gasteiger partial charge in [0.2, 0.25) is 0 Å². The van der Waals surface area contributed by atoms with Crippen molar-refractivity contribution in [2.75, 3.05) is 6.61 Å². The number of carboxylic acids is 1. The van der Waals surface area contributed by atoms with Crippen LogP contribution in [0, 0.1) is 44.3 Å². The molecule has 0 radical (unpaired) electrons. The van der Waals surface area contributed by atoms with Crippen molar-refractivity contribution in [3.05, 3.63) is 23.3 Å². The maximum Gasteiger partial charge on any atom is 0.310 e. The van der Waals surface area contributed by atoms with Gasteiger partial charge in [-0.1, -0.05) is 64.8 Å². The fourth-order valence-corrected chi connectivity index (χ4v) is 10.0. The molecule has 5 aliphatic carbocycles. The van der Waals surface area contributed by atoms with E-state index in [1.54, 1.807) is 0 Å². The highest BCUT2D eigenvalue weighted by atomic mass is 16.4. The number of aliphatic hydroxyl groups is 3. The highest BCUT2D eigenvalue weighted by Crippen LogP contribution is 2.74. The van der Waals surface area contributed by atoms with Gasteiger partial charge in [0.15, 0.2) is 0 Å². The van der Waals surface area contributed by atoms with E-state index in [1.807, 2.05) is 6.92 Å². The summed E-state index contributed by atoms with van der Waals surface area (Å²) in [6.45, 7) is 13.3. The summed E-state index contributed by atoms with van der Waals surface area (Å²) < 4.78 is 0. The lowest BCUT2D eigenvalue weighted by molar-refractivity contribution is -0.171. The van der Waals surface area contributed by atoms with Crippen LogP contribution in [-0.4, -0.2) is 45.2 Å². The molecule has 196 valence electrons. The van der Waals surface area contributed by atoms with Crippen LogP contribution in [0.3, 0.4) is 0 Å². The van der Waals surface area contributed by atoms with E-state index in [4.69, 9.17) is 0 Å². The van der Waals surface area contributed by atoms with E-state index in [9.17, 15) is 25.2 Å². The molecular weight excluding hydrogens is 440 g/mol. The van der Waals surface area contributed by atoms with Crippen LogP contribution in [0.5, 0.6) is 0 Å². The van der Waals surface area contributed by atoms with Crippen LogP contribution in [0.25, 0.3) is 0 Å². The molecule has 5 nitrogen and oxygen atoms in total. The van der Waals surface area contributed by atoms with Gasteiger partial charge in [-0.25, -0.2) is 0 Å². The zero-order valence-corrected chi connectivity index (χ0v) is 22.5. The molecule has 5 heteroatoms. The quantitative estimate of drug-likeness (QED) is 0.407. The summed E-state index contributed by atoms with van der Waals surface area (Å²) in [5.74, 6) is -0.292. The first-order chi connectivity index (χ1) is 16.1. The summed E-state index contributed by atoms with van der Waals surface area (Å²) in [5, 5.41) is 42.7. The molecule has 3 fully saturated rings. The first-order valence-corrected chi connectivity index (χ1v) is 13.7. The molecule has 0 bridgehead atoms. The van der Waals surface area contributed by atoms with Gasteiger partial charge in [-0.15, -0.1) is 0 Å². The Hall–Kier alpha value is -1.17. The van der Waals surface area contributed by atoms with Crippen LogP contribution >= 0.6 is 0 Å². The maximum absolute atomic E-state index is 12.8. The van der Waals surface area contributed by atoms with Crippen molar-refractivity contribution in [1.29, 1.82) is 0 Å². The zero-order chi connectivity index (χ0) is 25.8. The van der Waals surface area contributed by atoms with E-state index in [-0.39, 0.29) is 40.1 Å². The molecule has 0 aromatic rings. The molecule has 0 aromatic carbocycles. The Labute approximate surface area is 210 Å². The fourth-order valence-electron chi connectivity index (χ4n) is 10.0. The van der Waals surface area contributed by atoms with E-state index in [0.29, 0.717) is 6.42 Å². The minimum Gasteiger partial charge on any atom is -0.481 e. The van der Waals surface area contributed by atoms with E-state index in [0.717, 1.165) is 50.5 Å².